The van der Waals surface area contributed by atoms with Gasteiger partial charge in [-0.25, -0.2) is 4.68 Å². The van der Waals surface area contributed by atoms with E-state index in [1.807, 2.05) is 17.7 Å². The minimum absolute atomic E-state index is 0.844. The van der Waals surface area contributed by atoms with Gasteiger partial charge < -0.3 is 9.72 Å². The number of methoxy groups -OCH3 is 1. The highest BCUT2D eigenvalue weighted by molar-refractivity contribution is 7.13. The zero-order valence-corrected chi connectivity index (χ0v) is 14.1. The van der Waals surface area contributed by atoms with E-state index in [9.17, 15) is 0 Å². The summed E-state index contributed by atoms with van der Waals surface area (Å²) < 4.78 is 7.42. The number of rotatable bonds is 3. The van der Waals surface area contributed by atoms with Crippen molar-refractivity contribution in [2.45, 2.75) is 13.8 Å². The quantitative estimate of drug-likeness (QED) is 0.593. The van der Waals surface area contributed by atoms with Gasteiger partial charge in [-0.3, -0.25) is 0 Å². The molecule has 4 nitrogen and oxygen atoms in total. The smallest absolute Gasteiger partial charge is 0.119 e. The van der Waals surface area contributed by atoms with E-state index in [0.717, 1.165) is 39.4 Å². The first-order chi connectivity index (χ1) is 11.2. The van der Waals surface area contributed by atoms with Crippen molar-refractivity contribution in [3.8, 4) is 22.0 Å². The fraction of sp³-hybridized carbons (Fsp3) is 0.167. The maximum Gasteiger partial charge on any atom is 0.119 e. The van der Waals surface area contributed by atoms with Gasteiger partial charge in [0.2, 0.25) is 0 Å². The van der Waals surface area contributed by atoms with Crippen LogP contribution in [0.25, 0.3) is 27.2 Å². The second-order valence-electron chi connectivity index (χ2n) is 5.58. The van der Waals surface area contributed by atoms with E-state index < -0.39 is 0 Å². The molecule has 0 atom stereocenters. The molecule has 1 N–H and O–H groups in total. The van der Waals surface area contributed by atoms with Crippen LogP contribution >= 0.6 is 11.3 Å². The van der Waals surface area contributed by atoms with Crippen LogP contribution in [0.1, 0.15) is 11.4 Å². The standard InChI is InChI=1S/C18H17N3OS/c1-11-9-12(2)21(20-11)18-14-10-13(22-3)6-7-15(14)19-17(18)16-5-4-8-23-16/h4-10,19H,1-3H3. The zero-order valence-electron chi connectivity index (χ0n) is 13.3. The Morgan fingerprint density at radius 2 is 2.04 bits per heavy atom. The number of aryl methyl sites for hydroxylation is 2. The van der Waals surface area contributed by atoms with E-state index in [4.69, 9.17) is 4.74 Å². The van der Waals surface area contributed by atoms with Crippen LogP contribution in [-0.4, -0.2) is 21.9 Å². The van der Waals surface area contributed by atoms with Crippen molar-refractivity contribution in [1.82, 2.24) is 14.8 Å². The summed E-state index contributed by atoms with van der Waals surface area (Å²) in [7, 11) is 1.69. The molecule has 0 spiro atoms. The molecule has 23 heavy (non-hydrogen) atoms. The molecule has 0 saturated heterocycles. The van der Waals surface area contributed by atoms with Crippen molar-refractivity contribution in [3.63, 3.8) is 0 Å². The molecular weight excluding hydrogens is 306 g/mol. The molecule has 3 aromatic heterocycles. The molecule has 4 rings (SSSR count). The number of hydrogen-bond acceptors (Lipinski definition) is 3. The molecule has 0 amide bonds. The second-order valence-corrected chi connectivity index (χ2v) is 6.52. The van der Waals surface area contributed by atoms with Crippen LogP contribution in [-0.2, 0) is 0 Å². The predicted octanol–water partition coefficient (Wildman–Crippen LogP) is 4.71. The lowest BCUT2D eigenvalue weighted by Crippen LogP contribution is -2.00. The van der Waals surface area contributed by atoms with Crippen LogP contribution in [0.2, 0.25) is 0 Å². The van der Waals surface area contributed by atoms with Crippen LogP contribution < -0.4 is 4.74 Å². The van der Waals surface area contributed by atoms with Crippen molar-refractivity contribution in [3.05, 3.63) is 53.2 Å². The van der Waals surface area contributed by atoms with Crippen molar-refractivity contribution >= 4 is 22.2 Å². The highest BCUT2D eigenvalue weighted by Gasteiger charge is 2.18. The molecule has 116 valence electrons. The third-order valence-electron chi connectivity index (χ3n) is 3.97. The Balaban J connectivity index is 2.09. The second kappa shape index (κ2) is 5.28. The number of aromatic amines is 1. The normalized spacial score (nSPS) is 11.3. The van der Waals surface area contributed by atoms with Crippen LogP contribution in [0.4, 0.5) is 0 Å². The number of nitrogens with zero attached hydrogens (tertiary/aromatic N) is 2. The number of H-pyrrole nitrogens is 1. The van der Waals surface area contributed by atoms with E-state index in [0.29, 0.717) is 0 Å². The third kappa shape index (κ3) is 2.24. The Hall–Kier alpha value is -2.53. The molecule has 0 saturated carbocycles. The fourth-order valence-corrected chi connectivity index (χ4v) is 3.68. The monoisotopic (exact) mass is 323 g/mol. The van der Waals surface area contributed by atoms with E-state index in [-0.39, 0.29) is 0 Å². The Labute approximate surface area is 138 Å². The number of benzene rings is 1. The Kier molecular flexibility index (Phi) is 3.23. The molecule has 0 unspecified atom stereocenters. The summed E-state index contributed by atoms with van der Waals surface area (Å²) in [6, 6.07) is 12.4. The SMILES string of the molecule is COc1ccc2[nH]c(-c3cccs3)c(-n3nc(C)cc3C)c2c1. The summed E-state index contributed by atoms with van der Waals surface area (Å²) in [5, 5.41) is 7.89. The highest BCUT2D eigenvalue weighted by atomic mass is 32.1. The number of thiophene rings is 1. The average molecular weight is 323 g/mol. The van der Waals surface area contributed by atoms with Gasteiger partial charge in [0, 0.05) is 16.6 Å². The topological polar surface area (TPSA) is 42.8 Å². The Morgan fingerprint density at radius 1 is 1.17 bits per heavy atom. The summed E-state index contributed by atoms with van der Waals surface area (Å²) in [6.07, 6.45) is 0. The number of fused-ring (bicyclic) bond motifs is 1. The summed E-state index contributed by atoms with van der Waals surface area (Å²) in [4.78, 5) is 4.74. The molecule has 5 heteroatoms. The zero-order chi connectivity index (χ0) is 16.0. The van der Waals surface area contributed by atoms with Crippen molar-refractivity contribution in [2.75, 3.05) is 7.11 Å². The number of hydrogen-bond donors (Lipinski definition) is 1. The Bertz CT molecular complexity index is 979. The molecular formula is C18H17N3OS. The van der Waals surface area contributed by atoms with Crippen LogP contribution in [0.5, 0.6) is 5.75 Å². The molecule has 4 aromatic rings. The minimum atomic E-state index is 0.844. The van der Waals surface area contributed by atoms with Gasteiger partial charge in [-0.2, -0.15) is 5.10 Å². The van der Waals surface area contributed by atoms with Gasteiger partial charge in [-0.1, -0.05) is 6.07 Å². The number of ether oxygens (including phenoxy) is 1. The number of nitrogens with one attached hydrogen (secondary N) is 1. The van der Waals surface area contributed by atoms with E-state index in [1.54, 1.807) is 18.4 Å². The van der Waals surface area contributed by atoms with Gasteiger partial charge in [-0.05, 0) is 49.6 Å². The molecule has 0 radical (unpaired) electrons. The molecule has 0 aliphatic rings. The molecule has 0 aliphatic carbocycles. The summed E-state index contributed by atoms with van der Waals surface area (Å²) in [6.45, 7) is 4.10. The molecule has 1 aromatic carbocycles. The van der Waals surface area contributed by atoms with Gasteiger partial charge in [0.15, 0.2) is 0 Å². The summed E-state index contributed by atoms with van der Waals surface area (Å²) in [5.74, 6) is 0.844. The molecule has 0 bridgehead atoms. The van der Waals surface area contributed by atoms with Crippen molar-refractivity contribution in [1.29, 1.82) is 0 Å². The van der Waals surface area contributed by atoms with Gasteiger partial charge >= 0.3 is 0 Å². The fourth-order valence-electron chi connectivity index (χ4n) is 2.96. The van der Waals surface area contributed by atoms with Crippen LogP contribution in [0, 0.1) is 13.8 Å². The third-order valence-corrected chi connectivity index (χ3v) is 4.85. The minimum Gasteiger partial charge on any atom is -0.497 e. The Morgan fingerprint density at radius 3 is 2.70 bits per heavy atom. The van der Waals surface area contributed by atoms with Gasteiger partial charge in [0.25, 0.3) is 0 Å². The van der Waals surface area contributed by atoms with Gasteiger partial charge in [0.05, 0.1) is 29.1 Å². The molecule has 0 fully saturated rings. The van der Waals surface area contributed by atoms with E-state index >= 15 is 0 Å². The number of aromatic nitrogens is 3. The highest BCUT2D eigenvalue weighted by Crippen LogP contribution is 2.37. The maximum absolute atomic E-state index is 5.41. The van der Waals surface area contributed by atoms with Crippen LogP contribution in [0.15, 0.2) is 41.8 Å². The van der Waals surface area contributed by atoms with Crippen LogP contribution in [0.3, 0.4) is 0 Å². The summed E-state index contributed by atoms with van der Waals surface area (Å²) >= 11 is 1.72. The lowest BCUT2D eigenvalue weighted by atomic mass is 10.2. The average Bonchev–Trinajstić information content (AvgIpc) is 3.24. The molecule has 0 aliphatic heterocycles. The lowest BCUT2D eigenvalue weighted by Gasteiger charge is -2.07. The van der Waals surface area contributed by atoms with E-state index in [1.165, 1.54) is 4.88 Å². The van der Waals surface area contributed by atoms with Crippen molar-refractivity contribution < 1.29 is 4.74 Å². The first kappa shape index (κ1) is 14.1. The largest absolute Gasteiger partial charge is 0.497 e. The van der Waals surface area contributed by atoms with Gasteiger partial charge in [0.1, 0.15) is 5.75 Å². The maximum atomic E-state index is 5.41. The first-order valence-corrected chi connectivity index (χ1v) is 8.32. The van der Waals surface area contributed by atoms with Gasteiger partial charge in [-0.15, -0.1) is 11.3 Å². The lowest BCUT2D eigenvalue weighted by molar-refractivity contribution is 0.415. The van der Waals surface area contributed by atoms with E-state index in [2.05, 4.69) is 52.7 Å². The summed E-state index contributed by atoms with van der Waals surface area (Å²) in [5.41, 5.74) is 5.37. The first-order valence-electron chi connectivity index (χ1n) is 7.44. The molecule has 3 heterocycles. The van der Waals surface area contributed by atoms with Crippen molar-refractivity contribution in [2.24, 2.45) is 0 Å². The predicted molar refractivity (Wildman–Crippen MR) is 94.8 cm³/mol.